The number of esters is 1. The summed E-state index contributed by atoms with van der Waals surface area (Å²) in [5, 5.41) is 2.39. The fraction of sp³-hybridized carbons (Fsp3) is 0.273. The van der Waals surface area contributed by atoms with Crippen molar-refractivity contribution < 1.29 is 18.7 Å². The van der Waals surface area contributed by atoms with Crippen molar-refractivity contribution >= 4 is 11.9 Å². The van der Waals surface area contributed by atoms with Crippen molar-refractivity contribution in [1.82, 2.24) is 5.32 Å². The van der Waals surface area contributed by atoms with Crippen LogP contribution in [-0.4, -0.2) is 19.0 Å². The third-order valence-corrected chi connectivity index (χ3v) is 1.97. The number of halogens is 1. The minimum Gasteiger partial charge on any atom is -0.467 e. The van der Waals surface area contributed by atoms with Crippen molar-refractivity contribution in [3.05, 3.63) is 35.6 Å². The number of amides is 1. The van der Waals surface area contributed by atoms with Gasteiger partial charge < -0.3 is 10.1 Å². The molecule has 0 spiro atoms. The number of nitrogens with one attached hydrogen (secondary N) is 1. The molecule has 0 saturated heterocycles. The molecule has 0 radical (unpaired) electrons. The van der Waals surface area contributed by atoms with Crippen molar-refractivity contribution in [3.8, 4) is 0 Å². The first-order valence-electron chi connectivity index (χ1n) is 4.65. The monoisotopic (exact) mass is 225 g/mol. The maximum absolute atomic E-state index is 13.0. The number of carbonyl (C=O) groups excluding carboxylic acids is 2. The standard InChI is InChI=1S/C11H12FNO3/c1-7(14)13-10(11(15)16-2)8-4-3-5-9(12)6-8/h3-6,10H,1-2H3,(H,13,14)/t10-/m1/s1. The number of hydrogen-bond donors (Lipinski definition) is 1. The molecular formula is C11H12FNO3. The van der Waals surface area contributed by atoms with E-state index in [0.717, 1.165) is 0 Å². The first-order valence-corrected chi connectivity index (χ1v) is 4.65. The molecule has 4 nitrogen and oxygen atoms in total. The lowest BCUT2D eigenvalue weighted by Crippen LogP contribution is -2.32. The molecule has 0 heterocycles. The number of rotatable bonds is 3. The van der Waals surface area contributed by atoms with Gasteiger partial charge in [-0.15, -0.1) is 0 Å². The van der Waals surface area contributed by atoms with Crippen LogP contribution in [0.4, 0.5) is 4.39 Å². The maximum atomic E-state index is 13.0. The SMILES string of the molecule is COC(=O)[C@H](NC(C)=O)c1cccc(F)c1. The summed E-state index contributed by atoms with van der Waals surface area (Å²) in [7, 11) is 1.20. The van der Waals surface area contributed by atoms with Gasteiger partial charge in [0, 0.05) is 6.92 Å². The van der Waals surface area contributed by atoms with Crippen LogP contribution in [-0.2, 0) is 14.3 Å². The van der Waals surface area contributed by atoms with E-state index in [-0.39, 0.29) is 5.91 Å². The van der Waals surface area contributed by atoms with Gasteiger partial charge in [-0.3, -0.25) is 4.79 Å². The van der Waals surface area contributed by atoms with Crippen molar-refractivity contribution in [1.29, 1.82) is 0 Å². The highest BCUT2D eigenvalue weighted by Crippen LogP contribution is 2.15. The molecule has 0 saturated carbocycles. The second kappa shape index (κ2) is 5.25. The minimum absolute atomic E-state index is 0.349. The molecule has 16 heavy (non-hydrogen) atoms. The van der Waals surface area contributed by atoms with Gasteiger partial charge in [0.25, 0.3) is 0 Å². The zero-order valence-electron chi connectivity index (χ0n) is 8.99. The van der Waals surface area contributed by atoms with Crippen molar-refractivity contribution in [3.63, 3.8) is 0 Å². The highest BCUT2D eigenvalue weighted by molar-refractivity contribution is 5.84. The van der Waals surface area contributed by atoms with Gasteiger partial charge in [-0.1, -0.05) is 12.1 Å². The van der Waals surface area contributed by atoms with Crippen LogP contribution < -0.4 is 5.32 Å². The number of methoxy groups -OCH3 is 1. The Kier molecular flexibility index (Phi) is 3.99. The van der Waals surface area contributed by atoms with Gasteiger partial charge in [0.15, 0.2) is 6.04 Å². The third-order valence-electron chi connectivity index (χ3n) is 1.97. The first-order chi connectivity index (χ1) is 7.54. The van der Waals surface area contributed by atoms with Gasteiger partial charge in [-0.25, -0.2) is 9.18 Å². The van der Waals surface area contributed by atoms with E-state index in [1.54, 1.807) is 6.07 Å². The predicted octanol–water partition coefficient (Wildman–Crippen LogP) is 1.18. The molecule has 0 bridgehead atoms. The van der Waals surface area contributed by atoms with Gasteiger partial charge in [-0.2, -0.15) is 0 Å². The minimum atomic E-state index is -0.974. The lowest BCUT2D eigenvalue weighted by atomic mass is 10.1. The Morgan fingerprint density at radius 1 is 1.44 bits per heavy atom. The zero-order chi connectivity index (χ0) is 12.1. The Morgan fingerprint density at radius 3 is 2.62 bits per heavy atom. The maximum Gasteiger partial charge on any atom is 0.333 e. The van der Waals surface area contributed by atoms with E-state index >= 15 is 0 Å². The van der Waals surface area contributed by atoms with E-state index in [1.807, 2.05) is 0 Å². The van der Waals surface area contributed by atoms with Gasteiger partial charge in [0.05, 0.1) is 7.11 Å². The molecule has 1 rings (SSSR count). The van der Waals surface area contributed by atoms with Crippen molar-refractivity contribution in [2.45, 2.75) is 13.0 Å². The van der Waals surface area contributed by atoms with Crippen molar-refractivity contribution in [2.75, 3.05) is 7.11 Å². The average Bonchev–Trinajstić information content (AvgIpc) is 2.24. The number of carbonyl (C=O) groups is 2. The van der Waals surface area contributed by atoms with Crippen LogP contribution in [0, 0.1) is 5.82 Å². The number of ether oxygens (including phenoxy) is 1. The molecule has 0 unspecified atom stereocenters. The summed E-state index contributed by atoms with van der Waals surface area (Å²) < 4.78 is 17.5. The first kappa shape index (κ1) is 12.2. The molecule has 0 aliphatic rings. The highest BCUT2D eigenvalue weighted by atomic mass is 19.1. The molecule has 1 atom stereocenters. The van der Waals surface area contributed by atoms with Crippen LogP contribution in [0.25, 0.3) is 0 Å². The summed E-state index contributed by atoms with van der Waals surface area (Å²) in [5.74, 6) is -1.50. The van der Waals surface area contributed by atoms with E-state index in [4.69, 9.17) is 0 Å². The van der Waals surface area contributed by atoms with Gasteiger partial charge in [-0.05, 0) is 17.7 Å². The van der Waals surface area contributed by atoms with Crippen LogP contribution in [0.2, 0.25) is 0 Å². The molecule has 0 aromatic heterocycles. The molecule has 86 valence electrons. The lowest BCUT2D eigenvalue weighted by Gasteiger charge is -2.15. The van der Waals surface area contributed by atoms with Crippen LogP contribution in [0.15, 0.2) is 24.3 Å². The Morgan fingerprint density at radius 2 is 2.12 bits per heavy atom. The summed E-state index contributed by atoms with van der Waals surface area (Å²) in [4.78, 5) is 22.3. The van der Waals surface area contributed by atoms with Crippen molar-refractivity contribution in [2.24, 2.45) is 0 Å². The molecule has 0 aliphatic carbocycles. The summed E-state index contributed by atoms with van der Waals surface area (Å²) in [6, 6.07) is 4.46. The van der Waals surface area contributed by atoms with Gasteiger partial charge in [0.2, 0.25) is 5.91 Å². The molecule has 1 N–H and O–H groups in total. The average molecular weight is 225 g/mol. The van der Waals surface area contributed by atoms with E-state index in [1.165, 1.54) is 32.2 Å². The fourth-order valence-corrected chi connectivity index (χ4v) is 1.29. The fourth-order valence-electron chi connectivity index (χ4n) is 1.29. The van der Waals surface area contributed by atoms with E-state index in [2.05, 4.69) is 10.1 Å². The Labute approximate surface area is 92.4 Å². The molecule has 1 amide bonds. The topological polar surface area (TPSA) is 55.4 Å². The Balaban J connectivity index is 3.00. The molecular weight excluding hydrogens is 213 g/mol. The van der Waals surface area contributed by atoms with Gasteiger partial charge >= 0.3 is 5.97 Å². The summed E-state index contributed by atoms with van der Waals surface area (Å²) in [5.41, 5.74) is 0.349. The largest absolute Gasteiger partial charge is 0.467 e. The smallest absolute Gasteiger partial charge is 0.333 e. The Bertz CT molecular complexity index is 406. The molecule has 1 aromatic carbocycles. The summed E-state index contributed by atoms with van der Waals surface area (Å²) in [6.45, 7) is 1.27. The number of hydrogen-bond acceptors (Lipinski definition) is 3. The van der Waals surface area contributed by atoms with Gasteiger partial charge in [0.1, 0.15) is 5.82 Å². The normalized spacial score (nSPS) is 11.7. The van der Waals surface area contributed by atoms with Crippen LogP contribution >= 0.6 is 0 Å². The highest BCUT2D eigenvalue weighted by Gasteiger charge is 2.22. The lowest BCUT2D eigenvalue weighted by molar-refractivity contribution is -0.145. The number of benzene rings is 1. The predicted molar refractivity (Wildman–Crippen MR) is 55.0 cm³/mol. The van der Waals surface area contributed by atoms with E-state index < -0.39 is 17.8 Å². The second-order valence-electron chi connectivity index (χ2n) is 3.21. The molecule has 1 aromatic rings. The van der Waals surface area contributed by atoms with E-state index in [9.17, 15) is 14.0 Å². The van der Waals surface area contributed by atoms with Crippen LogP contribution in [0.5, 0.6) is 0 Å². The zero-order valence-corrected chi connectivity index (χ0v) is 8.99. The van der Waals surface area contributed by atoms with Crippen LogP contribution in [0.1, 0.15) is 18.5 Å². The molecule has 5 heteroatoms. The second-order valence-corrected chi connectivity index (χ2v) is 3.21. The van der Waals surface area contributed by atoms with Crippen LogP contribution in [0.3, 0.4) is 0 Å². The third kappa shape index (κ3) is 3.05. The summed E-state index contributed by atoms with van der Waals surface area (Å²) in [6.07, 6.45) is 0. The quantitative estimate of drug-likeness (QED) is 0.786. The Hall–Kier alpha value is -1.91. The molecule has 0 aliphatic heterocycles. The molecule has 0 fully saturated rings. The summed E-state index contributed by atoms with van der Waals surface area (Å²) >= 11 is 0. The van der Waals surface area contributed by atoms with E-state index in [0.29, 0.717) is 5.56 Å².